The van der Waals surface area contributed by atoms with Crippen LogP contribution in [0.5, 0.6) is 5.75 Å². The summed E-state index contributed by atoms with van der Waals surface area (Å²) in [7, 11) is -3.92. The van der Waals surface area contributed by atoms with E-state index in [0.29, 0.717) is 19.6 Å². The van der Waals surface area contributed by atoms with E-state index in [1.54, 1.807) is 0 Å². The van der Waals surface area contributed by atoms with Gasteiger partial charge in [0, 0.05) is 31.3 Å². The lowest BCUT2D eigenvalue weighted by Gasteiger charge is -2.28. The molecule has 0 amide bonds. The zero-order valence-corrected chi connectivity index (χ0v) is 19.9. The van der Waals surface area contributed by atoms with Gasteiger partial charge in [-0.2, -0.15) is 0 Å². The number of hydrogen-bond donors (Lipinski definition) is 3. The van der Waals surface area contributed by atoms with Gasteiger partial charge < -0.3 is 19.7 Å². The number of aliphatic hydroxyl groups is 1. The number of aliphatic hydroxyl groups excluding tert-OH is 1. The Labute approximate surface area is 195 Å². The smallest absolute Gasteiger partial charge is 0.271 e. The summed E-state index contributed by atoms with van der Waals surface area (Å²) < 4.78 is 38.3. The van der Waals surface area contributed by atoms with Crippen molar-refractivity contribution in [1.82, 2.24) is 4.90 Å². The fourth-order valence-corrected chi connectivity index (χ4v) is 5.96. The molecule has 8 nitrogen and oxygen atoms in total. The van der Waals surface area contributed by atoms with Crippen LogP contribution in [0.2, 0.25) is 9.36 Å². The van der Waals surface area contributed by atoms with Crippen molar-refractivity contribution in [3.05, 3.63) is 39.2 Å². The molecule has 1 saturated heterocycles. The molecule has 0 bridgehead atoms. The number of sulfonamides is 1. The van der Waals surface area contributed by atoms with Crippen LogP contribution in [-0.4, -0.2) is 62.5 Å². The first kappa shape index (κ1) is 24.5. The Morgan fingerprint density at radius 1 is 1.29 bits per heavy atom. The molecule has 31 heavy (non-hydrogen) atoms. The first-order valence-corrected chi connectivity index (χ1v) is 12.7. The van der Waals surface area contributed by atoms with Gasteiger partial charge in [0.2, 0.25) is 0 Å². The Kier molecular flexibility index (Phi) is 8.44. The van der Waals surface area contributed by atoms with Crippen molar-refractivity contribution in [1.29, 1.82) is 0 Å². The third-order valence-corrected chi connectivity index (χ3v) is 8.47. The summed E-state index contributed by atoms with van der Waals surface area (Å²) in [5, 5.41) is 20.8. The molecule has 0 saturated carbocycles. The number of nitrogens with zero attached hydrogens (tertiary/aromatic N) is 1. The van der Waals surface area contributed by atoms with Gasteiger partial charge in [-0.05, 0) is 31.5 Å². The Hall–Kier alpha value is -1.11. The highest BCUT2D eigenvalue weighted by Crippen LogP contribution is 2.36. The van der Waals surface area contributed by atoms with E-state index in [9.17, 15) is 18.6 Å². The van der Waals surface area contributed by atoms with Gasteiger partial charge >= 0.3 is 0 Å². The minimum Gasteiger partial charge on any atom is -0.507 e. The van der Waals surface area contributed by atoms with Gasteiger partial charge in [0.15, 0.2) is 6.29 Å². The molecule has 2 unspecified atom stereocenters. The quantitative estimate of drug-likeness (QED) is 0.441. The molecule has 1 aliphatic heterocycles. The predicted octanol–water partition coefficient (Wildman–Crippen LogP) is 3.68. The van der Waals surface area contributed by atoms with Crippen LogP contribution in [0.1, 0.15) is 25.2 Å². The van der Waals surface area contributed by atoms with Crippen molar-refractivity contribution in [3.8, 4) is 5.75 Å². The van der Waals surface area contributed by atoms with E-state index in [0.717, 1.165) is 31.0 Å². The number of hydrogen-bond acceptors (Lipinski definition) is 8. The third-order valence-electron chi connectivity index (χ3n) is 4.75. The highest BCUT2D eigenvalue weighted by Gasteiger charge is 2.22. The molecule has 2 atom stereocenters. The van der Waals surface area contributed by atoms with Crippen molar-refractivity contribution in [3.63, 3.8) is 0 Å². The minimum atomic E-state index is -3.92. The maximum atomic E-state index is 12.5. The number of nitrogens with one attached hydrogen (secondary N) is 1. The molecule has 3 rings (SSSR count). The Morgan fingerprint density at radius 3 is 2.61 bits per heavy atom. The molecule has 0 aliphatic carbocycles. The monoisotopic (exact) mass is 510 g/mol. The van der Waals surface area contributed by atoms with Gasteiger partial charge in [0.25, 0.3) is 10.0 Å². The second-order valence-corrected chi connectivity index (χ2v) is 11.1. The molecule has 12 heteroatoms. The van der Waals surface area contributed by atoms with Crippen LogP contribution in [0, 0.1) is 0 Å². The Balaban J connectivity index is 1.59. The van der Waals surface area contributed by atoms with Gasteiger partial charge in [-0.25, -0.2) is 8.42 Å². The summed E-state index contributed by atoms with van der Waals surface area (Å²) in [5.74, 6) is -0.296. The van der Waals surface area contributed by atoms with E-state index in [1.165, 1.54) is 24.3 Å². The number of thiophene rings is 1. The van der Waals surface area contributed by atoms with Crippen LogP contribution in [0.15, 0.2) is 28.5 Å². The van der Waals surface area contributed by atoms with E-state index in [1.807, 2.05) is 6.92 Å². The van der Waals surface area contributed by atoms with Crippen molar-refractivity contribution in [2.45, 2.75) is 29.9 Å². The molecule has 1 aromatic carbocycles. The Morgan fingerprint density at radius 2 is 2.00 bits per heavy atom. The third kappa shape index (κ3) is 6.69. The van der Waals surface area contributed by atoms with Crippen LogP contribution in [-0.2, 0) is 19.5 Å². The van der Waals surface area contributed by atoms with Crippen LogP contribution in [0.3, 0.4) is 0 Å². The van der Waals surface area contributed by atoms with Gasteiger partial charge in [-0.15, -0.1) is 11.3 Å². The SMILES string of the molecule is CC(CCN1CCOCC1)OC(O)c1ccc(NS(=O)(=O)c2cc(Cl)c(Cl)s2)cc1O. The van der Waals surface area contributed by atoms with Crippen LogP contribution >= 0.6 is 34.5 Å². The van der Waals surface area contributed by atoms with E-state index in [-0.39, 0.29) is 36.7 Å². The molecular weight excluding hydrogens is 487 g/mol. The maximum Gasteiger partial charge on any atom is 0.271 e. The minimum absolute atomic E-state index is 0.0523. The van der Waals surface area contributed by atoms with Gasteiger partial charge in [0.1, 0.15) is 14.3 Å². The van der Waals surface area contributed by atoms with Gasteiger partial charge in [-0.1, -0.05) is 23.2 Å². The fourth-order valence-electron chi connectivity index (χ4n) is 3.03. The summed E-state index contributed by atoms with van der Waals surface area (Å²) in [5.41, 5.74) is 0.262. The Bertz CT molecular complexity index is 976. The van der Waals surface area contributed by atoms with E-state index < -0.39 is 16.3 Å². The molecule has 2 heterocycles. The molecule has 1 aliphatic rings. The summed E-state index contributed by atoms with van der Waals surface area (Å²) in [6, 6.07) is 5.28. The number of rotatable bonds is 9. The lowest BCUT2D eigenvalue weighted by molar-refractivity contribution is -0.138. The van der Waals surface area contributed by atoms with E-state index in [4.69, 9.17) is 32.7 Å². The standard InChI is InChI=1S/C19H24Cl2N2O6S2/c1-12(4-5-23-6-8-28-9-7-23)29-19(25)14-3-2-13(10-16(14)24)22-31(26,27)17-11-15(20)18(21)30-17/h2-3,10-12,19,22,24-25H,4-9H2,1H3. The number of phenolic OH excluding ortho intramolecular Hbond substituents is 1. The second kappa shape index (κ2) is 10.7. The van der Waals surface area contributed by atoms with Crippen molar-refractivity contribution in [2.24, 2.45) is 0 Å². The van der Waals surface area contributed by atoms with Gasteiger partial charge in [0.05, 0.1) is 30.0 Å². The number of halogens is 2. The number of phenols is 1. The van der Waals surface area contributed by atoms with Crippen LogP contribution in [0.4, 0.5) is 5.69 Å². The fraction of sp³-hybridized carbons (Fsp3) is 0.474. The average Bonchev–Trinajstić information content (AvgIpc) is 3.06. The predicted molar refractivity (Wildman–Crippen MR) is 121 cm³/mol. The number of anilines is 1. The summed E-state index contributed by atoms with van der Waals surface area (Å²) in [4.78, 5) is 2.27. The normalized spacial score (nSPS) is 17.4. The van der Waals surface area contributed by atoms with Crippen LogP contribution < -0.4 is 4.72 Å². The highest BCUT2D eigenvalue weighted by atomic mass is 35.5. The molecule has 3 N–H and O–H groups in total. The van der Waals surface area contributed by atoms with E-state index >= 15 is 0 Å². The second-order valence-electron chi connectivity index (χ2n) is 7.11. The molecule has 0 radical (unpaired) electrons. The van der Waals surface area contributed by atoms with E-state index in [2.05, 4.69) is 9.62 Å². The molecule has 1 fully saturated rings. The lowest BCUT2D eigenvalue weighted by Crippen LogP contribution is -2.38. The molecule has 2 aromatic rings. The number of benzene rings is 1. The summed E-state index contributed by atoms with van der Waals surface area (Å²) in [6.45, 7) is 5.85. The number of morpholine rings is 1. The molecular formula is C19H24Cl2N2O6S2. The zero-order chi connectivity index (χ0) is 22.6. The van der Waals surface area contributed by atoms with Crippen molar-refractivity contribution >= 4 is 50.2 Å². The molecule has 1 aromatic heterocycles. The summed E-state index contributed by atoms with van der Waals surface area (Å²) >= 11 is 12.5. The van der Waals surface area contributed by atoms with Crippen LogP contribution in [0.25, 0.3) is 0 Å². The first-order valence-electron chi connectivity index (χ1n) is 9.60. The highest BCUT2D eigenvalue weighted by molar-refractivity contribution is 7.94. The molecule has 172 valence electrons. The molecule has 0 spiro atoms. The topological polar surface area (TPSA) is 108 Å². The number of ether oxygens (including phenoxy) is 2. The zero-order valence-electron chi connectivity index (χ0n) is 16.8. The maximum absolute atomic E-state index is 12.5. The number of aromatic hydroxyl groups is 1. The largest absolute Gasteiger partial charge is 0.507 e. The first-order chi connectivity index (χ1) is 14.7. The van der Waals surface area contributed by atoms with Gasteiger partial charge in [-0.3, -0.25) is 9.62 Å². The average molecular weight is 511 g/mol. The van der Waals surface area contributed by atoms with Crippen molar-refractivity contribution in [2.75, 3.05) is 37.6 Å². The van der Waals surface area contributed by atoms with Crippen molar-refractivity contribution < 1.29 is 28.1 Å². The summed E-state index contributed by atoms with van der Waals surface area (Å²) in [6.07, 6.45) is -0.884. The lowest BCUT2D eigenvalue weighted by atomic mass is 10.1.